The van der Waals surface area contributed by atoms with Crippen molar-refractivity contribution in [2.75, 3.05) is 12.8 Å². The van der Waals surface area contributed by atoms with Crippen molar-refractivity contribution >= 4 is 17.7 Å². The molecular weight excluding hydrogens is 354 g/mol. The molecule has 0 radical (unpaired) electrons. The summed E-state index contributed by atoms with van der Waals surface area (Å²) in [6.45, 7) is 5.80. The fraction of sp³-hybridized carbons (Fsp3) is 0.364. The number of amides is 2. The minimum atomic E-state index is -0.743. The SMILES string of the molecule is CN(Cc1ccccc1)C(=O)[C@H](Cc1ccc(N)cc1)NC(=O)OC(C)(C)C. The van der Waals surface area contributed by atoms with Gasteiger partial charge in [-0.05, 0) is 44.0 Å². The van der Waals surface area contributed by atoms with Gasteiger partial charge in [-0.15, -0.1) is 0 Å². The van der Waals surface area contributed by atoms with E-state index in [9.17, 15) is 9.59 Å². The highest BCUT2D eigenvalue weighted by atomic mass is 16.6. The summed E-state index contributed by atoms with van der Waals surface area (Å²) in [7, 11) is 1.72. The second kappa shape index (κ2) is 9.26. The zero-order valence-electron chi connectivity index (χ0n) is 16.9. The molecule has 2 aromatic carbocycles. The Bertz CT molecular complexity index is 783. The normalized spacial score (nSPS) is 12.1. The lowest BCUT2D eigenvalue weighted by Crippen LogP contribution is -2.49. The van der Waals surface area contributed by atoms with Crippen LogP contribution >= 0.6 is 0 Å². The number of alkyl carbamates (subject to hydrolysis) is 1. The van der Waals surface area contributed by atoms with E-state index in [1.54, 1.807) is 44.9 Å². The standard InChI is InChI=1S/C22H29N3O3/c1-22(2,3)28-21(27)24-19(14-16-10-12-18(23)13-11-16)20(26)25(4)15-17-8-6-5-7-9-17/h5-13,19H,14-15,23H2,1-4H3,(H,24,27)/t19-/m0/s1. The van der Waals surface area contributed by atoms with Gasteiger partial charge in [0.25, 0.3) is 0 Å². The van der Waals surface area contributed by atoms with Gasteiger partial charge in [0, 0.05) is 25.7 Å². The van der Waals surface area contributed by atoms with Gasteiger partial charge >= 0.3 is 6.09 Å². The summed E-state index contributed by atoms with van der Waals surface area (Å²) in [6.07, 6.45) is -0.272. The Hall–Kier alpha value is -3.02. The topological polar surface area (TPSA) is 84.7 Å². The molecule has 150 valence electrons. The number of benzene rings is 2. The maximum Gasteiger partial charge on any atom is 0.408 e. The lowest BCUT2D eigenvalue weighted by Gasteiger charge is -2.26. The molecule has 0 saturated heterocycles. The number of nitrogen functional groups attached to an aromatic ring is 1. The number of anilines is 1. The van der Waals surface area contributed by atoms with Crippen LogP contribution in [0.1, 0.15) is 31.9 Å². The number of hydrogen-bond acceptors (Lipinski definition) is 4. The number of carbonyl (C=O) groups is 2. The number of rotatable bonds is 6. The number of nitrogens with one attached hydrogen (secondary N) is 1. The first-order chi connectivity index (χ1) is 13.1. The molecule has 0 aromatic heterocycles. The van der Waals surface area contributed by atoms with Gasteiger partial charge < -0.3 is 20.7 Å². The van der Waals surface area contributed by atoms with E-state index in [1.807, 2.05) is 42.5 Å². The summed E-state index contributed by atoms with van der Waals surface area (Å²) < 4.78 is 5.33. The third kappa shape index (κ3) is 6.95. The zero-order chi connectivity index (χ0) is 20.7. The smallest absolute Gasteiger partial charge is 0.408 e. The van der Waals surface area contributed by atoms with Gasteiger partial charge in [0.2, 0.25) is 5.91 Å². The van der Waals surface area contributed by atoms with Crippen LogP contribution in [0.25, 0.3) is 0 Å². The lowest BCUT2D eigenvalue weighted by molar-refractivity contribution is -0.132. The van der Waals surface area contributed by atoms with Gasteiger partial charge in [0.1, 0.15) is 11.6 Å². The number of nitrogens with two attached hydrogens (primary N) is 1. The molecule has 0 aliphatic carbocycles. The first-order valence-electron chi connectivity index (χ1n) is 9.27. The fourth-order valence-corrected chi connectivity index (χ4v) is 2.74. The molecule has 6 nitrogen and oxygen atoms in total. The van der Waals surface area contributed by atoms with Gasteiger partial charge in [0.15, 0.2) is 0 Å². The molecule has 2 amide bonds. The van der Waals surface area contributed by atoms with E-state index >= 15 is 0 Å². The molecule has 3 N–H and O–H groups in total. The highest BCUT2D eigenvalue weighted by Gasteiger charge is 2.27. The number of nitrogens with zero attached hydrogens (tertiary/aromatic N) is 1. The molecule has 1 atom stereocenters. The average Bonchev–Trinajstić information content (AvgIpc) is 2.61. The molecule has 2 rings (SSSR count). The van der Waals surface area contributed by atoms with Gasteiger partial charge in [-0.3, -0.25) is 4.79 Å². The van der Waals surface area contributed by atoms with Gasteiger partial charge in [-0.25, -0.2) is 4.79 Å². The lowest BCUT2D eigenvalue weighted by atomic mass is 10.0. The molecule has 0 fully saturated rings. The van der Waals surface area contributed by atoms with E-state index in [2.05, 4.69) is 5.32 Å². The van der Waals surface area contributed by atoms with Crippen LogP contribution in [-0.4, -0.2) is 35.6 Å². The molecule has 2 aromatic rings. The Morgan fingerprint density at radius 2 is 1.64 bits per heavy atom. The van der Waals surface area contributed by atoms with Gasteiger partial charge in [-0.1, -0.05) is 42.5 Å². The average molecular weight is 383 g/mol. The molecule has 0 aliphatic heterocycles. The number of likely N-dealkylation sites (N-methyl/N-ethyl adjacent to an activating group) is 1. The van der Waals surface area contributed by atoms with Crippen molar-refractivity contribution in [1.82, 2.24) is 10.2 Å². The highest BCUT2D eigenvalue weighted by Crippen LogP contribution is 2.12. The number of ether oxygens (including phenoxy) is 1. The van der Waals surface area contributed by atoms with E-state index in [0.29, 0.717) is 18.7 Å². The highest BCUT2D eigenvalue weighted by molar-refractivity contribution is 5.86. The summed E-state index contributed by atoms with van der Waals surface area (Å²) in [4.78, 5) is 26.9. The van der Waals surface area contributed by atoms with Gasteiger partial charge in [-0.2, -0.15) is 0 Å². The molecule has 0 bridgehead atoms. The van der Waals surface area contributed by atoms with Crippen molar-refractivity contribution in [3.63, 3.8) is 0 Å². The second-order valence-electron chi connectivity index (χ2n) is 7.82. The van der Waals surface area contributed by atoms with E-state index < -0.39 is 17.7 Å². The molecular formula is C22H29N3O3. The van der Waals surface area contributed by atoms with Crippen molar-refractivity contribution < 1.29 is 14.3 Å². The van der Waals surface area contributed by atoms with Crippen molar-refractivity contribution in [3.8, 4) is 0 Å². The Labute approximate surface area is 166 Å². The zero-order valence-corrected chi connectivity index (χ0v) is 16.9. The van der Waals surface area contributed by atoms with Crippen LogP contribution in [0.4, 0.5) is 10.5 Å². The molecule has 0 unspecified atom stereocenters. The van der Waals surface area contributed by atoms with Crippen LogP contribution in [0.5, 0.6) is 0 Å². The van der Waals surface area contributed by atoms with Gasteiger partial charge in [0.05, 0.1) is 0 Å². The van der Waals surface area contributed by atoms with Crippen molar-refractivity contribution in [2.24, 2.45) is 0 Å². The summed E-state index contributed by atoms with van der Waals surface area (Å²) in [5.74, 6) is -0.188. The Kier molecular flexibility index (Phi) is 7.04. The maximum absolute atomic E-state index is 13.1. The Morgan fingerprint density at radius 1 is 1.04 bits per heavy atom. The van der Waals surface area contributed by atoms with Crippen molar-refractivity contribution in [2.45, 2.75) is 45.4 Å². The molecule has 0 spiro atoms. The third-order valence-corrected chi connectivity index (χ3v) is 4.05. The summed E-state index contributed by atoms with van der Waals surface area (Å²) in [5.41, 5.74) is 7.65. The minimum Gasteiger partial charge on any atom is -0.444 e. The molecule has 0 aliphatic rings. The largest absolute Gasteiger partial charge is 0.444 e. The second-order valence-corrected chi connectivity index (χ2v) is 7.82. The van der Waals surface area contributed by atoms with E-state index in [-0.39, 0.29) is 5.91 Å². The monoisotopic (exact) mass is 383 g/mol. The fourth-order valence-electron chi connectivity index (χ4n) is 2.74. The van der Waals surface area contributed by atoms with Crippen LogP contribution in [-0.2, 0) is 22.5 Å². The third-order valence-electron chi connectivity index (χ3n) is 4.05. The first-order valence-corrected chi connectivity index (χ1v) is 9.27. The predicted molar refractivity (Wildman–Crippen MR) is 111 cm³/mol. The van der Waals surface area contributed by atoms with Crippen molar-refractivity contribution in [3.05, 3.63) is 65.7 Å². The number of hydrogen-bond donors (Lipinski definition) is 2. The van der Waals surface area contributed by atoms with Crippen LogP contribution in [0.15, 0.2) is 54.6 Å². The minimum absolute atomic E-state index is 0.188. The van der Waals surface area contributed by atoms with Crippen LogP contribution in [0.3, 0.4) is 0 Å². The number of carbonyl (C=O) groups excluding carboxylic acids is 2. The van der Waals surface area contributed by atoms with E-state index in [1.165, 1.54) is 0 Å². The maximum atomic E-state index is 13.1. The van der Waals surface area contributed by atoms with E-state index in [4.69, 9.17) is 10.5 Å². The summed E-state index contributed by atoms with van der Waals surface area (Å²) >= 11 is 0. The van der Waals surface area contributed by atoms with Crippen LogP contribution < -0.4 is 11.1 Å². The van der Waals surface area contributed by atoms with Crippen molar-refractivity contribution in [1.29, 1.82) is 0 Å². The summed E-state index contributed by atoms with van der Waals surface area (Å²) in [5, 5.41) is 2.72. The Morgan fingerprint density at radius 3 is 2.21 bits per heavy atom. The molecule has 0 saturated carbocycles. The molecule has 28 heavy (non-hydrogen) atoms. The first kappa shape index (κ1) is 21.3. The summed E-state index contributed by atoms with van der Waals surface area (Å²) in [6, 6.07) is 16.2. The van der Waals surface area contributed by atoms with Crippen LogP contribution in [0.2, 0.25) is 0 Å². The molecule has 6 heteroatoms. The quantitative estimate of drug-likeness (QED) is 0.749. The Balaban J connectivity index is 2.14. The predicted octanol–water partition coefficient (Wildman–Crippen LogP) is 3.36. The van der Waals surface area contributed by atoms with Crippen LogP contribution in [0, 0.1) is 0 Å². The van der Waals surface area contributed by atoms with E-state index in [0.717, 1.165) is 11.1 Å². The molecule has 0 heterocycles.